The van der Waals surface area contributed by atoms with Crippen LogP contribution in [-0.2, 0) is 4.79 Å². The number of amides is 1. The second-order valence-corrected chi connectivity index (χ2v) is 3.58. The quantitative estimate of drug-likeness (QED) is 0.600. The van der Waals surface area contributed by atoms with Crippen LogP contribution in [-0.4, -0.2) is 29.5 Å². The number of aromatic nitrogens is 1. The van der Waals surface area contributed by atoms with Crippen LogP contribution in [0.2, 0.25) is 0 Å². The fraction of sp³-hybridized carbons (Fsp3) is 0.333. The number of rotatable bonds is 1. The maximum Gasteiger partial charge on any atom is 0.250 e. The van der Waals surface area contributed by atoms with Crippen LogP contribution in [0, 0.1) is 0 Å². The molecule has 0 atom stereocenters. The molecule has 3 rings (SSSR count). The first kappa shape index (κ1) is 6.88. The SMILES string of the molecule is O=C1NC12CN(c1ccccn1)C2. The number of carbonyl (C=O) groups excluding carboxylic acids is 1. The Hall–Kier alpha value is -1.58. The predicted molar refractivity (Wildman–Crippen MR) is 47.3 cm³/mol. The second kappa shape index (κ2) is 2.02. The minimum absolute atomic E-state index is 0.180. The van der Waals surface area contributed by atoms with Crippen LogP contribution in [0.3, 0.4) is 0 Å². The van der Waals surface area contributed by atoms with Gasteiger partial charge in [-0.3, -0.25) is 4.79 Å². The van der Waals surface area contributed by atoms with Gasteiger partial charge in [0, 0.05) is 6.20 Å². The number of carbonyl (C=O) groups is 1. The number of hydrogen-bond donors (Lipinski definition) is 1. The lowest BCUT2D eigenvalue weighted by Crippen LogP contribution is -2.56. The van der Waals surface area contributed by atoms with Crippen molar-refractivity contribution in [2.45, 2.75) is 5.54 Å². The average Bonchev–Trinajstić information content (AvgIpc) is 2.76. The lowest BCUT2D eigenvalue weighted by Gasteiger charge is -2.37. The van der Waals surface area contributed by atoms with Crippen LogP contribution < -0.4 is 10.2 Å². The molecule has 2 aliphatic rings. The molecule has 0 aliphatic carbocycles. The first-order valence-corrected chi connectivity index (χ1v) is 4.29. The van der Waals surface area contributed by atoms with Crippen molar-refractivity contribution in [2.75, 3.05) is 18.0 Å². The van der Waals surface area contributed by atoms with Gasteiger partial charge in [0.15, 0.2) is 5.54 Å². The van der Waals surface area contributed by atoms with E-state index in [0.717, 1.165) is 18.9 Å². The summed E-state index contributed by atoms with van der Waals surface area (Å²) in [5.74, 6) is 1.13. The van der Waals surface area contributed by atoms with Crippen LogP contribution in [0.15, 0.2) is 24.4 Å². The van der Waals surface area contributed by atoms with E-state index in [4.69, 9.17) is 0 Å². The molecule has 2 fully saturated rings. The molecule has 4 nitrogen and oxygen atoms in total. The molecule has 0 aromatic carbocycles. The van der Waals surface area contributed by atoms with E-state index in [0.29, 0.717) is 0 Å². The molecule has 2 aliphatic heterocycles. The smallest absolute Gasteiger partial charge is 0.250 e. The van der Waals surface area contributed by atoms with Gasteiger partial charge in [-0.05, 0) is 12.1 Å². The Morgan fingerprint density at radius 1 is 1.46 bits per heavy atom. The van der Waals surface area contributed by atoms with Gasteiger partial charge in [0.05, 0.1) is 13.1 Å². The largest absolute Gasteiger partial charge is 0.351 e. The molecular weight excluding hydrogens is 166 g/mol. The Kier molecular flexibility index (Phi) is 1.07. The molecule has 2 saturated heterocycles. The highest BCUT2D eigenvalue weighted by Gasteiger charge is 2.62. The van der Waals surface area contributed by atoms with Crippen LogP contribution in [0.25, 0.3) is 0 Å². The predicted octanol–water partition coefficient (Wildman–Crippen LogP) is -0.230. The third-order valence-electron chi connectivity index (χ3n) is 2.62. The number of pyridine rings is 1. The molecule has 4 heteroatoms. The molecule has 1 aromatic rings. The Labute approximate surface area is 75.6 Å². The maximum atomic E-state index is 10.9. The van der Waals surface area contributed by atoms with Crippen LogP contribution >= 0.6 is 0 Å². The zero-order valence-corrected chi connectivity index (χ0v) is 7.03. The third kappa shape index (κ3) is 0.854. The summed E-state index contributed by atoms with van der Waals surface area (Å²) < 4.78 is 0. The first-order valence-electron chi connectivity index (χ1n) is 4.29. The van der Waals surface area contributed by atoms with Gasteiger partial charge >= 0.3 is 0 Å². The topological polar surface area (TPSA) is 55.1 Å². The molecule has 1 N–H and O–H groups in total. The minimum atomic E-state index is -0.197. The molecular formula is C9H9N3O. The first-order chi connectivity index (χ1) is 6.30. The number of nitrogens with zero attached hydrogens (tertiary/aromatic N) is 2. The molecule has 3 heterocycles. The van der Waals surface area contributed by atoms with Crippen molar-refractivity contribution in [1.82, 2.24) is 10.3 Å². The van der Waals surface area contributed by atoms with Gasteiger partial charge in [-0.1, -0.05) is 6.07 Å². The van der Waals surface area contributed by atoms with Crippen molar-refractivity contribution in [2.24, 2.45) is 0 Å². The average molecular weight is 175 g/mol. The number of nitrogens with one attached hydrogen (secondary N) is 1. The highest BCUT2D eigenvalue weighted by molar-refractivity contribution is 6.05. The summed E-state index contributed by atoms with van der Waals surface area (Å²) in [6.07, 6.45) is 1.77. The second-order valence-electron chi connectivity index (χ2n) is 3.58. The lowest BCUT2D eigenvalue weighted by atomic mass is 10.0. The molecule has 66 valence electrons. The van der Waals surface area contributed by atoms with Crippen LogP contribution in [0.1, 0.15) is 0 Å². The monoisotopic (exact) mass is 175 g/mol. The summed E-state index contributed by atoms with van der Waals surface area (Å²) in [5.41, 5.74) is -0.197. The van der Waals surface area contributed by atoms with E-state index < -0.39 is 0 Å². The van der Waals surface area contributed by atoms with Crippen molar-refractivity contribution in [3.05, 3.63) is 24.4 Å². The Morgan fingerprint density at radius 2 is 2.23 bits per heavy atom. The van der Waals surface area contributed by atoms with E-state index in [1.165, 1.54) is 0 Å². The number of anilines is 1. The molecule has 0 saturated carbocycles. The van der Waals surface area contributed by atoms with Gasteiger partial charge < -0.3 is 10.2 Å². The van der Waals surface area contributed by atoms with E-state index >= 15 is 0 Å². The fourth-order valence-corrected chi connectivity index (χ4v) is 1.72. The van der Waals surface area contributed by atoms with Gasteiger partial charge in [0.1, 0.15) is 5.82 Å². The molecule has 1 aromatic heterocycles. The van der Waals surface area contributed by atoms with Crippen molar-refractivity contribution < 1.29 is 4.79 Å². The summed E-state index contributed by atoms with van der Waals surface area (Å²) in [6, 6.07) is 5.80. The van der Waals surface area contributed by atoms with Gasteiger partial charge in [0.2, 0.25) is 5.91 Å². The fourth-order valence-electron chi connectivity index (χ4n) is 1.72. The van der Waals surface area contributed by atoms with Crippen molar-refractivity contribution in [1.29, 1.82) is 0 Å². The minimum Gasteiger partial charge on any atom is -0.351 e. The van der Waals surface area contributed by atoms with E-state index in [-0.39, 0.29) is 11.4 Å². The Morgan fingerprint density at radius 3 is 2.77 bits per heavy atom. The van der Waals surface area contributed by atoms with Crippen molar-refractivity contribution in [3.8, 4) is 0 Å². The van der Waals surface area contributed by atoms with Gasteiger partial charge in [-0.25, -0.2) is 4.98 Å². The van der Waals surface area contributed by atoms with E-state index in [1.54, 1.807) is 6.20 Å². The summed E-state index contributed by atoms with van der Waals surface area (Å²) in [6.45, 7) is 1.53. The summed E-state index contributed by atoms with van der Waals surface area (Å²) in [4.78, 5) is 17.2. The van der Waals surface area contributed by atoms with Crippen LogP contribution in [0.4, 0.5) is 5.82 Å². The van der Waals surface area contributed by atoms with Crippen LogP contribution in [0.5, 0.6) is 0 Å². The Bertz CT molecular complexity index is 356. The zero-order chi connectivity index (χ0) is 8.89. The summed E-state index contributed by atoms with van der Waals surface area (Å²) in [5, 5.41) is 2.84. The standard InChI is InChI=1S/C9H9N3O/c13-8-9(11-8)5-12(6-9)7-3-1-2-4-10-7/h1-4H,5-6H2,(H,11,13). The molecule has 13 heavy (non-hydrogen) atoms. The third-order valence-corrected chi connectivity index (χ3v) is 2.62. The van der Waals surface area contributed by atoms with E-state index in [2.05, 4.69) is 15.2 Å². The summed E-state index contributed by atoms with van der Waals surface area (Å²) >= 11 is 0. The maximum absolute atomic E-state index is 10.9. The van der Waals surface area contributed by atoms with E-state index in [9.17, 15) is 4.79 Å². The number of hydrogen-bond acceptors (Lipinski definition) is 3. The molecule has 0 radical (unpaired) electrons. The van der Waals surface area contributed by atoms with Crippen molar-refractivity contribution in [3.63, 3.8) is 0 Å². The lowest BCUT2D eigenvalue weighted by molar-refractivity contribution is -0.112. The highest BCUT2D eigenvalue weighted by atomic mass is 16.2. The van der Waals surface area contributed by atoms with Gasteiger partial charge in [-0.15, -0.1) is 0 Å². The molecule has 0 bridgehead atoms. The van der Waals surface area contributed by atoms with E-state index in [1.807, 2.05) is 18.2 Å². The summed E-state index contributed by atoms with van der Waals surface area (Å²) in [7, 11) is 0. The molecule has 1 amide bonds. The van der Waals surface area contributed by atoms with Crippen molar-refractivity contribution >= 4 is 11.7 Å². The Balaban J connectivity index is 1.75. The van der Waals surface area contributed by atoms with Gasteiger partial charge in [-0.2, -0.15) is 0 Å². The molecule has 0 unspecified atom stereocenters. The highest BCUT2D eigenvalue weighted by Crippen LogP contribution is 2.33. The van der Waals surface area contributed by atoms with Gasteiger partial charge in [0.25, 0.3) is 0 Å². The molecule has 1 spiro atoms. The zero-order valence-electron chi connectivity index (χ0n) is 7.03. The normalized spacial score (nSPS) is 22.5.